The monoisotopic (exact) mass is 355 g/mol. The van der Waals surface area contributed by atoms with Gasteiger partial charge in [-0.3, -0.25) is 9.59 Å². The zero-order valence-electron chi connectivity index (χ0n) is 14.5. The fourth-order valence-corrected chi connectivity index (χ4v) is 2.98. The average Bonchev–Trinajstić information content (AvgIpc) is 2.71. The van der Waals surface area contributed by atoms with E-state index in [4.69, 9.17) is 0 Å². The van der Waals surface area contributed by atoms with Crippen molar-refractivity contribution in [2.45, 2.75) is 6.54 Å². The standard InChI is InChI=1S/C22H17N3O2/c26-21(23-17-11-5-2-6-12-17)20-18-13-7-8-14-19(18)22(27)25(24-20)15-16-9-3-1-4-10-16/h1-14H,15H2,(H,23,26). The maximum Gasteiger partial charge on any atom is 0.276 e. The van der Waals surface area contributed by atoms with E-state index < -0.39 is 0 Å². The molecule has 0 aliphatic heterocycles. The van der Waals surface area contributed by atoms with Crippen molar-refractivity contribution in [3.05, 3.63) is 107 Å². The van der Waals surface area contributed by atoms with Crippen LogP contribution in [0.25, 0.3) is 10.8 Å². The van der Waals surface area contributed by atoms with E-state index in [-0.39, 0.29) is 17.2 Å². The number of carbonyl (C=O) groups excluding carboxylic acids is 1. The lowest BCUT2D eigenvalue weighted by Gasteiger charge is -2.11. The van der Waals surface area contributed by atoms with Crippen LogP contribution in [0.2, 0.25) is 0 Å². The van der Waals surface area contributed by atoms with Crippen LogP contribution in [-0.4, -0.2) is 15.7 Å². The van der Waals surface area contributed by atoms with Crippen molar-refractivity contribution in [2.24, 2.45) is 0 Å². The van der Waals surface area contributed by atoms with E-state index in [0.717, 1.165) is 5.56 Å². The van der Waals surface area contributed by atoms with E-state index in [1.807, 2.05) is 48.5 Å². The molecule has 0 saturated heterocycles. The molecule has 0 aliphatic carbocycles. The molecule has 4 aromatic rings. The number of amides is 1. The maximum absolute atomic E-state index is 12.9. The van der Waals surface area contributed by atoms with Crippen molar-refractivity contribution in [3.8, 4) is 0 Å². The Morgan fingerprint density at radius 3 is 2.11 bits per heavy atom. The number of para-hydroxylation sites is 1. The van der Waals surface area contributed by atoms with Crippen LogP contribution in [0.5, 0.6) is 0 Å². The van der Waals surface area contributed by atoms with Gasteiger partial charge in [-0.1, -0.05) is 66.7 Å². The molecule has 27 heavy (non-hydrogen) atoms. The van der Waals surface area contributed by atoms with Gasteiger partial charge >= 0.3 is 0 Å². The molecule has 5 heteroatoms. The van der Waals surface area contributed by atoms with E-state index in [1.54, 1.807) is 36.4 Å². The number of hydrogen-bond donors (Lipinski definition) is 1. The van der Waals surface area contributed by atoms with E-state index in [9.17, 15) is 9.59 Å². The molecular formula is C22H17N3O2. The highest BCUT2D eigenvalue weighted by molar-refractivity contribution is 6.11. The number of benzene rings is 3. The van der Waals surface area contributed by atoms with Gasteiger partial charge in [0.15, 0.2) is 5.69 Å². The molecule has 0 bridgehead atoms. The molecule has 0 radical (unpaired) electrons. The number of nitrogens with one attached hydrogen (secondary N) is 1. The number of hydrogen-bond acceptors (Lipinski definition) is 3. The van der Waals surface area contributed by atoms with Gasteiger partial charge in [0.05, 0.1) is 11.9 Å². The molecular weight excluding hydrogens is 338 g/mol. The summed E-state index contributed by atoms with van der Waals surface area (Å²) in [6.45, 7) is 0.302. The minimum absolute atomic E-state index is 0.217. The predicted molar refractivity (Wildman–Crippen MR) is 106 cm³/mol. The first kappa shape index (κ1) is 16.7. The quantitative estimate of drug-likeness (QED) is 0.607. The molecule has 0 spiro atoms. The molecule has 0 atom stereocenters. The smallest absolute Gasteiger partial charge is 0.276 e. The van der Waals surface area contributed by atoms with E-state index >= 15 is 0 Å². The molecule has 1 amide bonds. The highest BCUT2D eigenvalue weighted by Gasteiger charge is 2.17. The third-order valence-electron chi connectivity index (χ3n) is 4.29. The number of nitrogens with zero attached hydrogens (tertiary/aromatic N) is 2. The summed E-state index contributed by atoms with van der Waals surface area (Å²) in [5, 5.41) is 8.24. The molecule has 4 rings (SSSR count). The summed E-state index contributed by atoms with van der Waals surface area (Å²) in [4.78, 5) is 25.7. The summed E-state index contributed by atoms with van der Waals surface area (Å²) in [5.41, 5.74) is 1.63. The van der Waals surface area contributed by atoms with Gasteiger partial charge in [-0.2, -0.15) is 5.10 Å². The molecule has 3 aromatic carbocycles. The number of fused-ring (bicyclic) bond motifs is 1. The first-order valence-electron chi connectivity index (χ1n) is 8.62. The van der Waals surface area contributed by atoms with Crippen LogP contribution in [0, 0.1) is 0 Å². The molecule has 1 aromatic heterocycles. The Morgan fingerprint density at radius 1 is 0.815 bits per heavy atom. The van der Waals surface area contributed by atoms with Gasteiger partial charge in [0.1, 0.15) is 0 Å². The SMILES string of the molecule is O=C(Nc1ccccc1)c1nn(Cc2ccccc2)c(=O)c2ccccc12. The summed E-state index contributed by atoms with van der Waals surface area (Å²) >= 11 is 0. The van der Waals surface area contributed by atoms with Crippen molar-refractivity contribution in [2.75, 3.05) is 5.32 Å². The Bertz CT molecular complexity index is 1150. The largest absolute Gasteiger partial charge is 0.321 e. The minimum Gasteiger partial charge on any atom is -0.321 e. The van der Waals surface area contributed by atoms with Gasteiger partial charge in [-0.15, -0.1) is 0 Å². The van der Waals surface area contributed by atoms with Crippen LogP contribution >= 0.6 is 0 Å². The highest BCUT2D eigenvalue weighted by atomic mass is 16.2. The Hall–Kier alpha value is -3.73. The summed E-state index contributed by atoms with van der Waals surface area (Å²) in [6, 6.07) is 25.8. The molecule has 0 fully saturated rings. The molecule has 0 unspecified atom stereocenters. The Labute approximate surface area is 155 Å². The predicted octanol–water partition coefficient (Wildman–Crippen LogP) is 3.70. The maximum atomic E-state index is 12.9. The average molecular weight is 355 g/mol. The van der Waals surface area contributed by atoms with Crippen LogP contribution in [0.4, 0.5) is 5.69 Å². The van der Waals surface area contributed by atoms with Crippen LogP contribution in [-0.2, 0) is 6.54 Å². The van der Waals surface area contributed by atoms with Crippen LogP contribution in [0.15, 0.2) is 89.7 Å². The summed E-state index contributed by atoms with van der Waals surface area (Å²) in [6.07, 6.45) is 0. The zero-order chi connectivity index (χ0) is 18.6. The van der Waals surface area contributed by atoms with Gasteiger partial charge < -0.3 is 5.32 Å². The fraction of sp³-hybridized carbons (Fsp3) is 0.0455. The van der Waals surface area contributed by atoms with Gasteiger partial charge in [0.25, 0.3) is 11.5 Å². The molecule has 0 saturated carbocycles. The van der Waals surface area contributed by atoms with Crippen molar-refractivity contribution >= 4 is 22.4 Å². The van der Waals surface area contributed by atoms with Crippen molar-refractivity contribution in [1.82, 2.24) is 9.78 Å². The first-order valence-corrected chi connectivity index (χ1v) is 8.62. The van der Waals surface area contributed by atoms with Crippen molar-refractivity contribution < 1.29 is 4.79 Å². The molecule has 5 nitrogen and oxygen atoms in total. The van der Waals surface area contributed by atoms with Crippen molar-refractivity contribution in [3.63, 3.8) is 0 Å². The molecule has 1 heterocycles. The van der Waals surface area contributed by atoms with Gasteiger partial charge in [-0.25, -0.2) is 4.68 Å². The third-order valence-corrected chi connectivity index (χ3v) is 4.29. The molecule has 0 aliphatic rings. The highest BCUT2D eigenvalue weighted by Crippen LogP contribution is 2.16. The topological polar surface area (TPSA) is 64.0 Å². The fourth-order valence-electron chi connectivity index (χ4n) is 2.98. The van der Waals surface area contributed by atoms with Gasteiger partial charge in [0, 0.05) is 11.1 Å². The van der Waals surface area contributed by atoms with Crippen LogP contribution < -0.4 is 10.9 Å². The number of aromatic nitrogens is 2. The number of anilines is 1. The normalized spacial score (nSPS) is 10.7. The number of carbonyl (C=O) groups is 1. The Balaban J connectivity index is 1.80. The Kier molecular flexibility index (Phi) is 4.49. The first-order chi connectivity index (χ1) is 13.2. The number of rotatable bonds is 4. The van der Waals surface area contributed by atoms with Crippen LogP contribution in [0.3, 0.4) is 0 Å². The summed E-state index contributed by atoms with van der Waals surface area (Å²) < 4.78 is 1.34. The van der Waals surface area contributed by atoms with Gasteiger partial charge in [-0.05, 0) is 23.8 Å². The lowest BCUT2D eigenvalue weighted by molar-refractivity contribution is 0.102. The van der Waals surface area contributed by atoms with Crippen molar-refractivity contribution in [1.29, 1.82) is 0 Å². The molecule has 132 valence electrons. The van der Waals surface area contributed by atoms with E-state index in [1.165, 1.54) is 4.68 Å². The second-order valence-corrected chi connectivity index (χ2v) is 6.16. The zero-order valence-corrected chi connectivity index (χ0v) is 14.5. The van der Waals surface area contributed by atoms with Crippen LogP contribution in [0.1, 0.15) is 16.1 Å². The summed E-state index contributed by atoms with van der Waals surface area (Å²) in [7, 11) is 0. The van der Waals surface area contributed by atoms with Gasteiger partial charge in [0.2, 0.25) is 0 Å². The Morgan fingerprint density at radius 2 is 1.41 bits per heavy atom. The van der Waals surface area contributed by atoms with E-state index in [0.29, 0.717) is 23.0 Å². The lowest BCUT2D eigenvalue weighted by Crippen LogP contribution is -2.28. The minimum atomic E-state index is -0.348. The molecule has 1 N–H and O–H groups in total. The lowest BCUT2D eigenvalue weighted by atomic mass is 10.1. The van der Waals surface area contributed by atoms with E-state index in [2.05, 4.69) is 10.4 Å². The third kappa shape index (κ3) is 3.48. The second-order valence-electron chi connectivity index (χ2n) is 6.16. The second kappa shape index (κ2) is 7.25. The summed E-state index contributed by atoms with van der Waals surface area (Å²) in [5.74, 6) is -0.348.